The normalized spacial score (nSPS) is 10.6. The van der Waals surface area contributed by atoms with Crippen molar-refractivity contribution in [3.63, 3.8) is 0 Å². The van der Waals surface area contributed by atoms with Gasteiger partial charge in [-0.25, -0.2) is 0 Å². The smallest absolute Gasteiger partial charge is 0.304 e. The van der Waals surface area contributed by atoms with Gasteiger partial charge in [-0.3, -0.25) is 14.9 Å². The molecule has 0 unspecified atom stereocenters. The third-order valence-electron chi connectivity index (χ3n) is 4.26. The number of rotatable bonds is 13. The van der Waals surface area contributed by atoms with Gasteiger partial charge in [-0.1, -0.05) is 24.3 Å². The van der Waals surface area contributed by atoms with Crippen molar-refractivity contribution in [2.75, 3.05) is 19.7 Å². The zero-order valence-electron chi connectivity index (χ0n) is 15.8. The summed E-state index contributed by atoms with van der Waals surface area (Å²) in [5.41, 5.74) is 2.26. The van der Waals surface area contributed by atoms with Crippen LogP contribution in [0.3, 0.4) is 0 Å². The molecule has 0 spiro atoms. The maximum absolute atomic E-state index is 10.8. The Bertz CT molecular complexity index is 762. The minimum Gasteiger partial charge on any atom is -0.494 e. The lowest BCUT2D eigenvalue weighted by atomic mass is 10.1. The molecule has 0 saturated heterocycles. The summed E-state index contributed by atoms with van der Waals surface area (Å²) in [6.45, 7) is 1.84. The average molecular weight is 386 g/mol. The van der Waals surface area contributed by atoms with Gasteiger partial charge in [-0.2, -0.15) is 0 Å². The molecule has 7 nitrogen and oxygen atoms in total. The highest BCUT2D eigenvalue weighted by molar-refractivity contribution is 5.66. The van der Waals surface area contributed by atoms with E-state index in [9.17, 15) is 14.9 Å². The molecule has 2 aromatic carbocycles. The Balaban J connectivity index is 1.62. The first kappa shape index (κ1) is 21.4. The van der Waals surface area contributed by atoms with E-state index in [2.05, 4.69) is 5.32 Å². The quantitative estimate of drug-likeness (QED) is 0.310. The third-order valence-corrected chi connectivity index (χ3v) is 4.26. The molecular formula is C21H26N2O5. The summed E-state index contributed by atoms with van der Waals surface area (Å²) < 4.78 is 5.74. The van der Waals surface area contributed by atoms with Crippen LogP contribution in [-0.4, -0.2) is 35.7 Å². The number of nitrogens with zero attached hydrogens (tertiary/aromatic N) is 1. The summed E-state index contributed by atoms with van der Waals surface area (Å²) in [7, 11) is 0. The second-order valence-corrected chi connectivity index (χ2v) is 6.52. The highest BCUT2D eigenvalue weighted by atomic mass is 16.6. The molecule has 2 N–H and O–H groups in total. The zero-order valence-corrected chi connectivity index (χ0v) is 15.8. The van der Waals surface area contributed by atoms with Gasteiger partial charge in [-0.15, -0.1) is 0 Å². The number of nitrogens with one attached hydrogen (secondary N) is 1. The van der Waals surface area contributed by atoms with Crippen molar-refractivity contribution >= 4 is 11.7 Å². The van der Waals surface area contributed by atoms with Crippen molar-refractivity contribution in [2.45, 2.75) is 32.1 Å². The Morgan fingerprint density at radius 1 is 1.04 bits per heavy atom. The number of hydrogen-bond donors (Lipinski definition) is 2. The van der Waals surface area contributed by atoms with E-state index < -0.39 is 5.97 Å². The van der Waals surface area contributed by atoms with E-state index in [-0.39, 0.29) is 17.0 Å². The van der Waals surface area contributed by atoms with E-state index >= 15 is 0 Å². The number of aryl methyl sites for hydroxylation is 2. The van der Waals surface area contributed by atoms with E-state index in [4.69, 9.17) is 9.84 Å². The standard InChI is InChI=1S/C21H26N2O5/c24-21(25)12-14-22-13-2-5-17-8-10-20(11-9-17)28-15-3-6-18-4-1-7-19(16-18)23(26)27/h1,4,7-11,16,22H,2-3,5-6,12-15H2,(H,24,25). The van der Waals surface area contributed by atoms with Crippen molar-refractivity contribution in [3.8, 4) is 5.75 Å². The fourth-order valence-electron chi connectivity index (χ4n) is 2.78. The van der Waals surface area contributed by atoms with E-state index in [0.717, 1.165) is 43.5 Å². The minimum atomic E-state index is -0.784. The summed E-state index contributed by atoms with van der Waals surface area (Å²) in [6, 6.07) is 14.6. The third kappa shape index (κ3) is 8.18. The van der Waals surface area contributed by atoms with Crippen LogP contribution in [0.25, 0.3) is 0 Å². The topological polar surface area (TPSA) is 102 Å². The molecule has 0 fully saturated rings. The maximum Gasteiger partial charge on any atom is 0.304 e. The molecule has 0 aliphatic rings. The van der Waals surface area contributed by atoms with Gasteiger partial charge >= 0.3 is 5.97 Å². The summed E-state index contributed by atoms with van der Waals surface area (Å²) in [4.78, 5) is 20.8. The Morgan fingerprint density at radius 2 is 1.79 bits per heavy atom. The van der Waals surface area contributed by atoms with Crippen LogP contribution in [0.4, 0.5) is 5.69 Å². The number of carboxylic acids is 1. The van der Waals surface area contributed by atoms with Crippen molar-refractivity contribution in [1.82, 2.24) is 5.32 Å². The first-order chi connectivity index (χ1) is 13.5. The Morgan fingerprint density at radius 3 is 2.50 bits per heavy atom. The SMILES string of the molecule is O=C(O)CCNCCCc1ccc(OCCCc2cccc([N+](=O)[O-])c2)cc1. The van der Waals surface area contributed by atoms with Crippen molar-refractivity contribution < 1.29 is 19.6 Å². The van der Waals surface area contributed by atoms with Gasteiger partial charge in [0, 0.05) is 18.7 Å². The van der Waals surface area contributed by atoms with Crippen LogP contribution in [0.2, 0.25) is 0 Å². The molecule has 0 atom stereocenters. The lowest BCUT2D eigenvalue weighted by molar-refractivity contribution is -0.384. The number of benzene rings is 2. The van der Waals surface area contributed by atoms with Gasteiger partial charge in [0.25, 0.3) is 5.69 Å². The van der Waals surface area contributed by atoms with Crippen LogP contribution in [0, 0.1) is 10.1 Å². The summed E-state index contributed by atoms with van der Waals surface area (Å²) in [6.07, 6.45) is 3.53. The average Bonchev–Trinajstić information content (AvgIpc) is 2.69. The molecule has 0 radical (unpaired) electrons. The Kier molecular flexibility index (Phi) is 8.94. The van der Waals surface area contributed by atoms with Gasteiger partial charge in [0.2, 0.25) is 0 Å². The Hall–Kier alpha value is -2.93. The van der Waals surface area contributed by atoms with E-state index in [0.29, 0.717) is 13.2 Å². The summed E-state index contributed by atoms with van der Waals surface area (Å²) >= 11 is 0. The molecule has 0 heterocycles. The fraction of sp³-hybridized carbons (Fsp3) is 0.381. The monoisotopic (exact) mass is 386 g/mol. The van der Waals surface area contributed by atoms with Crippen LogP contribution in [-0.2, 0) is 17.6 Å². The number of aliphatic carboxylic acids is 1. The van der Waals surface area contributed by atoms with Gasteiger partial charge in [0.05, 0.1) is 18.0 Å². The van der Waals surface area contributed by atoms with Gasteiger partial charge in [-0.05, 0) is 55.5 Å². The first-order valence-electron chi connectivity index (χ1n) is 9.42. The molecule has 0 aliphatic carbocycles. The maximum atomic E-state index is 10.8. The molecule has 0 aliphatic heterocycles. The van der Waals surface area contributed by atoms with Crippen LogP contribution in [0.15, 0.2) is 48.5 Å². The minimum absolute atomic E-state index is 0.117. The second kappa shape index (κ2) is 11.7. The van der Waals surface area contributed by atoms with Crippen molar-refractivity contribution in [1.29, 1.82) is 0 Å². The Labute approximate surface area is 164 Å². The number of carbonyl (C=O) groups is 1. The molecule has 28 heavy (non-hydrogen) atoms. The van der Waals surface area contributed by atoms with Crippen molar-refractivity contribution in [2.24, 2.45) is 0 Å². The number of carboxylic acid groups (broad SMARTS) is 1. The molecule has 0 saturated carbocycles. The van der Waals surface area contributed by atoms with Crippen LogP contribution >= 0.6 is 0 Å². The lowest BCUT2D eigenvalue weighted by Gasteiger charge is -2.08. The van der Waals surface area contributed by atoms with Crippen LogP contribution < -0.4 is 10.1 Å². The number of hydrogen-bond acceptors (Lipinski definition) is 5. The van der Waals surface area contributed by atoms with Crippen LogP contribution in [0.1, 0.15) is 30.4 Å². The number of nitro benzene ring substituents is 1. The predicted octanol–water partition coefficient (Wildman–Crippen LogP) is 3.60. The van der Waals surface area contributed by atoms with Gasteiger partial charge in [0.15, 0.2) is 0 Å². The zero-order chi connectivity index (χ0) is 20.2. The van der Waals surface area contributed by atoms with E-state index in [1.807, 2.05) is 30.3 Å². The lowest BCUT2D eigenvalue weighted by Crippen LogP contribution is -2.19. The molecule has 150 valence electrons. The largest absolute Gasteiger partial charge is 0.494 e. The molecule has 0 amide bonds. The molecule has 7 heteroatoms. The number of nitro groups is 1. The highest BCUT2D eigenvalue weighted by Gasteiger charge is 2.05. The summed E-state index contributed by atoms with van der Waals surface area (Å²) in [5.74, 6) is 0.0237. The number of non-ortho nitro benzene ring substituents is 1. The fourth-order valence-corrected chi connectivity index (χ4v) is 2.78. The van der Waals surface area contributed by atoms with Gasteiger partial charge < -0.3 is 15.2 Å². The van der Waals surface area contributed by atoms with E-state index in [1.165, 1.54) is 11.6 Å². The van der Waals surface area contributed by atoms with Gasteiger partial charge in [0.1, 0.15) is 5.75 Å². The molecule has 2 aromatic rings. The molecule has 0 bridgehead atoms. The number of ether oxygens (including phenoxy) is 1. The van der Waals surface area contributed by atoms with E-state index in [1.54, 1.807) is 12.1 Å². The van der Waals surface area contributed by atoms with Crippen LogP contribution in [0.5, 0.6) is 5.75 Å². The molecular weight excluding hydrogens is 360 g/mol. The second-order valence-electron chi connectivity index (χ2n) is 6.52. The highest BCUT2D eigenvalue weighted by Crippen LogP contribution is 2.16. The predicted molar refractivity (Wildman–Crippen MR) is 107 cm³/mol. The van der Waals surface area contributed by atoms with Crippen molar-refractivity contribution in [3.05, 3.63) is 69.8 Å². The molecule has 0 aromatic heterocycles. The first-order valence-corrected chi connectivity index (χ1v) is 9.42. The summed E-state index contributed by atoms with van der Waals surface area (Å²) in [5, 5.41) is 22.5. The molecule has 2 rings (SSSR count).